The minimum Gasteiger partial charge on any atom is -0.479 e. The largest absolute Gasteiger partial charge is 0.479 e. The van der Waals surface area contributed by atoms with Crippen molar-refractivity contribution in [1.82, 2.24) is 14.5 Å². The van der Waals surface area contributed by atoms with E-state index in [1.54, 1.807) is 16.9 Å². The first-order valence-corrected chi connectivity index (χ1v) is 7.12. The molecule has 0 aromatic carbocycles. The number of halogens is 1. The van der Waals surface area contributed by atoms with Crippen molar-refractivity contribution in [1.29, 1.82) is 0 Å². The van der Waals surface area contributed by atoms with E-state index in [4.69, 9.17) is 5.11 Å². The summed E-state index contributed by atoms with van der Waals surface area (Å²) in [6.07, 6.45) is 2.11. The highest BCUT2D eigenvalue weighted by atomic mass is 19.1. The molecule has 116 valence electrons. The summed E-state index contributed by atoms with van der Waals surface area (Å²) in [4.78, 5) is 24.5. The van der Waals surface area contributed by atoms with Crippen LogP contribution in [0, 0.1) is 5.92 Å². The first-order chi connectivity index (χ1) is 10.6. The number of pyridine rings is 1. The van der Waals surface area contributed by atoms with Crippen molar-refractivity contribution in [2.24, 2.45) is 5.92 Å². The Balaban J connectivity index is 1.67. The van der Waals surface area contributed by atoms with E-state index in [1.165, 1.54) is 4.90 Å². The number of amides is 1. The molecule has 2 aromatic heterocycles. The van der Waals surface area contributed by atoms with Crippen LogP contribution in [0.3, 0.4) is 0 Å². The number of aromatic nitrogens is 2. The van der Waals surface area contributed by atoms with Gasteiger partial charge in [0.25, 0.3) is 0 Å². The lowest BCUT2D eigenvalue weighted by atomic mass is 10.0. The number of rotatable bonds is 4. The number of nitrogens with zero attached hydrogens (tertiary/aromatic N) is 3. The van der Waals surface area contributed by atoms with Crippen molar-refractivity contribution in [2.75, 3.05) is 13.1 Å². The summed E-state index contributed by atoms with van der Waals surface area (Å²) >= 11 is 0. The molecular formula is C15H16FN3O3. The number of hydrogen-bond donors (Lipinski definition) is 1. The summed E-state index contributed by atoms with van der Waals surface area (Å²) in [6.45, 7) is 0.557. The standard InChI is InChI=1S/C15H16FN3O3/c16-14(15(21)22)10-4-6-18(9-10)13(20)7-11-8-17-19-5-2-1-3-12(11)19/h1-3,5,8,10,14H,4,6-7,9H2,(H,21,22). The highest BCUT2D eigenvalue weighted by molar-refractivity contribution is 5.81. The molecule has 0 bridgehead atoms. The molecule has 7 heteroatoms. The highest BCUT2D eigenvalue weighted by Gasteiger charge is 2.35. The van der Waals surface area contributed by atoms with Gasteiger partial charge in [0.1, 0.15) is 0 Å². The van der Waals surface area contributed by atoms with E-state index < -0.39 is 18.1 Å². The van der Waals surface area contributed by atoms with Gasteiger partial charge in [-0.2, -0.15) is 5.10 Å². The van der Waals surface area contributed by atoms with Gasteiger partial charge in [-0.15, -0.1) is 0 Å². The van der Waals surface area contributed by atoms with E-state index in [2.05, 4.69) is 5.10 Å². The van der Waals surface area contributed by atoms with Gasteiger partial charge in [0, 0.05) is 30.8 Å². The molecule has 1 amide bonds. The van der Waals surface area contributed by atoms with Gasteiger partial charge in [-0.25, -0.2) is 13.7 Å². The van der Waals surface area contributed by atoms with Crippen molar-refractivity contribution in [3.05, 3.63) is 36.2 Å². The molecule has 0 saturated carbocycles. The fraction of sp³-hybridized carbons (Fsp3) is 0.400. The molecule has 0 aliphatic carbocycles. The number of carboxylic acid groups (broad SMARTS) is 1. The third-order valence-electron chi connectivity index (χ3n) is 4.08. The van der Waals surface area contributed by atoms with Crippen LogP contribution in [0.1, 0.15) is 12.0 Å². The molecule has 0 radical (unpaired) electrons. The van der Waals surface area contributed by atoms with E-state index in [0.29, 0.717) is 13.0 Å². The van der Waals surface area contributed by atoms with E-state index in [1.807, 2.05) is 18.2 Å². The van der Waals surface area contributed by atoms with Gasteiger partial charge in [0.2, 0.25) is 12.1 Å². The van der Waals surface area contributed by atoms with Gasteiger partial charge < -0.3 is 10.0 Å². The summed E-state index contributed by atoms with van der Waals surface area (Å²) in [5.41, 5.74) is 1.67. The van der Waals surface area contributed by atoms with Gasteiger partial charge in [-0.1, -0.05) is 6.07 Å². The Morgan fingerprint density at radius 3 is 3.05 bits per heavy atom. The SMILES string of the molecule is O=C(O)C(F)C1CCN(C(=O)Cc2cnn3ccccc23)C1. The Morgan fingerprint density at radius 2 is 2.27 bits per heavy atom. The highest BCUT2D eigenvalue weighted by Crippen LogP contribution is 2.23. The molecule has 2 atom stereocenters. The summed E-state index contributed by atoms with van der Waals surface area (Å²) in [7, 11) is 0. The minimum absolute atomic E-state index is 0.126. The van der Waals surface area contributed by atoms with Crippen molar-refractivity contribution < 1.29 is 19.1 Å². The van der Waals surface area contributed by atoms with Crippen molar-refractivity contribution in [2.45, 2.75) is 19.0 Å². The monoisotopic (exact) mass is 305 g/mol. The average molecular weight is 305 g/mol. The van der Waals surface area contributed by atoms with Crippen LogP contribution in [0.15, 0.2) is 30.6 Å². The average Bonchev–Trinajstić information content (AvgIpc) is 3.14. The van der Waals surface area contributed by atoms with E-state index >= 15 is 0 Å². The number of carboxylic acids is 1. The number of likely N-dealkylation sites (tertiary alicyclic amines) is 1. The van der Waals surface area contributed by atoms with E-state index in [-0.39, 0.29) is 18.9 Å². The van der Waals surface area contributed by atoms with Gasteiger partial charge >= 0.3 is 5.97 Å². The molecule has 22 heavy (non-hydrogen) atoms. The quantitative estimate of drug-likeness (QED) is 0.919. The predicted octanol–water partition coefficient (Wildman–Crippen LogP) is 1.15. The molecule has 1 aliphatic rings. The lowest BCUT2D eigenvalue weighted by Crippen LogP contribution is -2.33. The molecule has 3 rings (SSSR count). The second-order valence-electron chi connectivity index (χ2n) is 5.51. The molecule has 3 heterocycles. The van der Waals surface area contributed by atoms with Crippen LogP contribution in [-0.2, 0) is 16.0 Å². The van der Waals surface area contributed by atoms with Crippen LogP contribution in [0.5, 0.6) is 0 Å². The molecule has 2 unspecified atom stereocenters. The lowest BCUT2D eigenvalue weighted by Gasteiger charge is -2.16. The third-order valence-corrected chi connectivity index (χ3v) is 4.08. The zero-order chi connectivity index (χ0) is 15.7. The molecule has 6 nitrogen and oxygen atoms in total. The zero-order valence-corrected chi connectivity index (χ0v) is 11.9. The summed E-state index contributed by atoms with van der Waals surface area (Å²) in [5.74, 6) is -2.20. The minimum atomic E-state index is -1.91. The van der Waals surface area contributed by atoms with Crippen LogP contribution in [0.25, 0.3) is 5.52 Å². The molecule has 2 aromatic rings. The van der Waals surface area contributed by atoms with Crippen LogP contribution >= 0.6 is 0 Å². The fourth-order valence-electron chi connectivity index (χ4n) is 2.85. The lowest BCUT2D eigenvalue weighted by molar-refractivity contribution is -0.145. The van der Waals surface area contributed by atoms with Crippen LogP contribution in [0.4, 0.5) is 4.39 Å². The molecule has 0 spiro atoms. The Bertz CT molecular complexity index is 715. The number of alkyl halides is 1. The number of hydrogen-bond acceptors (Lipinski definition) is 3. The second kappa shape index (κ2) is 5.75. The number of carbonyl (C=O) groups excluding carboxylic acids is 1. The number of carbonyl (C=O) groups is 2. The Labute approximate surface area is 126 Å². The van der Waals surface area contributed by atoms with Gasteiger partial charge in [0.15, 0.2) is 0 Å². The Hall–Kier alpha value is -2.44. The Kier molecular flexibility index (Phi) is 3.79. The fourth-order valence-corrected chi connectivity index (χ4v) is 2.85. The van der Waals surface area contributed by atoms with Crippen molar-refractivity contribution in [3.8, 4) is 0 Å². The van der Waals surface area contributed by atoms with Crippen LogP contribution in [0.2, 0.25) is 0 Å². The van der Waals surface area contributed by atoms with Gasteiger partial charge in [-0.3, -0.25) is 4.79 Å². The zero-order valence-electron chi connectivity index (χ0n) is 11.9. The second-order valence-corrected chi connectivity index (χ2v) is 5.51. The molecule has 1 N–H and O–H groups in total. The van der Waals surface area contributed by atoms with Gasteiger partial charge in [-0.05, 0) is 18.6 Å². The smallest absolute Gasteiger partial charge is 0.338 e. The summed E-state index contributed by atoms with van der Waals surface area (Å²) in [5, 5.41) is 12.9. The molecular weight excluding hydrogens is 289 g/mol. The van der Waals surface area contributed by atoms with E-state index in [0.717, 1.165) is 11.1 Å². The normalized spacial score (nSPS) is 19.5. The maximum atomic E-state index is 13.5. The third kappa shape index (κ3) is 2.66. The Morgan fingerprint density at radius 1 is 1.45 bits per heavy atom. The topological polar surface area (TPSA) is 74.9 Å². The van der Waals surface area contributed by atoms with Crippen LogP contribution < -0.4 is 0 Å². The van der Waals surface area contributed by atoms with Crippen molar-refractivity contribution in [3.63, 3.8) is 0 Å². The van der Waals surface area contributed by atoms with Crippen LogP contribution in [-0.4, -0.2) is 50.8 Å². The summed E-state index contributed by atoms with van der Waals surface area (Å²) < 4.78 is 15.2. The van der Waals surface area contributed by atoms with Crippen molar-refractivity contribution >= 4 is 17.4 Å². The summed E-state index contributed by atoms with van der Waals surface area (Å²) in [6, 6.07) is 5.60. The molecule has 1 aliphatic heterocycles. The maximum absolute atomic E-state index is 13.5. The first kappa shape index (κ1) is 14.5. The number of aliphatic carboxylic acids is 1. The molecule has 1 fully saturated rings. The van der Waals surface area contributed by atoms with Gasteiger partial charge in [0.05, 0.1) is 18.1 Å². The first-order valence-electron chi connectivity index (χ1n) is 7.12. The maximum Gasteiger partial charge on any atom is 0.338 e. The van der Waals surface area contributed by atoms with E-state index in [9.17, 15) is 14.0 Å². The number of fused-ring (bicyclic) bond motifs is 1. The predicted molar refractivity (Wildman–Crippen MR) is 76.1 cm³/mol. The molecule has 1 saturated heterocycles.